The van der Waals surface area contributed by atoms with Crippen LogP contribution < -0.4 is 10.2 Å². The molecule has 0 heterocycles. The largest absolute Gasteiger partial charge is 0.373 e. The molecule has 2 nitrogen and oxygen atoms in total. The Bertz CT molecular complexity index is 339. The summed E-state index contributed by atoms with van der Waals surface area (Å²) < 4.78 is 0. The van der Waals surface area contributed by atoms with Crippen LogP contribution in [0.3, 0.4) is 0 Å². The van der Waals surface area contributed by atoms with Crippen LogP contribution in [0.2, 0.25) is 0 Å². The summed E-state index contributed by atoms with van der Waals surface area (Å²) in [7, 11) is 2.17. The Hall–Kier alpha value is -1.02. The normalized spacial score (nSPS) is 16.8. The van der Waals surface area contributed by atoms with Crippen LogP contribution in [-0.2, 0) is 0 Å². The average Bonchev–Trinajstić information content (AvgIpc) is 2.40. The maximum Gasteiger partial charge on any atom is 0.0364 e. The van der Waals surface area contributed by atoms with Gasteiger partial charge in [0.05, 0.1) is 0 Å². The number of likely N-dealkylation sites (N-methyl/N-ethyl adjacent to an activating group) is 1. The Labute approximate surface area is 111 Å². The van der Waals surface area contributed by atoms with Crippen LogP contribution in [0, 0.1) is 6.92 Å². The van der Waals surface area contributed by atoms with Crippen molar-refractivity contribution in [2.24, 2.45) is 0 Å². The number of hydrogen-bond donors (Lipinski definition) is 1. The van der Waals surface area contributed by atoms with Crippen LogP contribution in [0.1, 0.15) is 37.7 Å². The highest BCUT2D eigenvalue weighted by atomic mass is 15.1. The maximum atomic E-state index is 3.69. The molecule has 0 amide bonds. The number of hydrogen-bond acceptors (Lipinski definition) is 2. The van der Waals surface area contributed by atoms with Crippen molar-refractivity contribution in [2.45, 2.75) is 45.1 Å². The highest BCUT2D eigenvalue weighted by molar-refractivity contribution is 5.46. The van der Waals surface area contributed by atoms with E-state index in [1.165, 1.54) is 43.4 Å². The molecule has 0 aromatic heterocycles. The van der Waals surface area contributed by atoms with Crippen molar-refractivity contribution in [3.63, 3.8) is 0 Å². The van der Waals surface area contributed by atoms with Gasteiger partial charge in [-0.2, -0.15) is 0 Å². The third-order valence-corrected chi connectivity index (χ3v) is 3.96. The van der Waals surface area contributed by atoms with Gasteiger partial charge in [-0.3, -0.25) is 0 Å². The first-order valence-electron chi connectivity index (χ1n) is 7.27. The lowest BCUT2D eigenvalue weighted by Crippen LogP contribution is -2.36. The molecule has 0 aliphatic heterocycles. The molecule has 18 heavy (non-hydrogen) atoms. The molecule has 1 N–H and O–H groups in total. The summed E-state index contributed by atoms with van der Waals surface area (Å²) in [5.74, 6) is 0. The summed E-state index contributed by atoms with van der Waals surface area (Å²) in [4.78, 5) is 2.33. The van der Waals surface area contributed by atoms with E-state index in [0.717, 1.165) is 19.1 Å². The van der Waals surface area contributed by atoms with Gasteiger partial charge in [0.1, 0.15) is 0 Å². The number of aryl methyl sites for hydroxylation is 1. The van der Waals surface area contributed by atoms with Crippen LogP contribution in [0.4, 0.5) is 5.69 Å². The summed E-state index contributed by atoms with van der Waals surface area (Å²) in [6.45, 7) is 4.31. The summed E-state index contributed by atoms with van der Waals surface area (Å²) in [5, 5.41) is 3.69. The van der Waals surface area contributed by atoms with E-state index >= 15 is 0 Å². The van der Waals surface area contributed by atoms with E-state index in [4.69, 9.17) is 0 Å². The SMILES string of the molecule is Cc1ccc(N(C)CCNC2CCCCC2)cc1. The van der Waals surface area contributed by atoms with Crippen LogP contribution in [0.25, 0.3) is 0 Å². The van der Waals surface area contributed by atoms with Gasteiger partial charge in [0.25, 0.3) is 0 Å². The molecule has 0 spiro atoms. The van der Waals surface area contributed by atoms with Crippen LogP contribution >= 0.6 is 0 Å². The molecule has 2 heteroatoms. The predicted molar refractivity (Wildman–Crippen MR) is 79.3 cm³/mol. The molecule has 1 aliphatic rings. The first-order valence-corrected chi connectivity index (χ1v) is 7.27. The minimum atomic E-state index is 0.769. The van der Waals surface area contributed by atoms with Crippen molar-refractivity contribution in [3.8, 4) is 0 Å². The van der Waals surface area contributed by atoms with Crippen molar-refractivity contribution in [3.05, 3.63) is 29.8 Å². The quantitative estimate of drug-likeness (QED) is 0.857. The molecule has 2 rings (SSSR count). The van der Waals surface area contributed by atoms with Gasteiger partial charge in [0, 0.05) is 31.9 Å². The fraction of sp³-hybridized carbons (Fsp3) is 0.625. The first-order chi connectivity index (χ1) is 8.75. The number of nitrogens with zero attached hydrogens (tertiary/aromatic N) is 1. The molecule has 0 radical (unpaired) electrons. The molecule has 100 valence electrons. The fourth-order valence-electron chi connectivity index (χ4n) is 2.67. The van der Waals surface area contributed by atoms with E-state index in [-0.39, 0.29) is 0 Å². The Morgan fingerprint density at radius 3 is 2.44 bits per heavy atom. The number of nitrogens with one attached hydrogen (secondary N) is 1. The van der Waals surface area contributed by atoms with Gasteiger partial charge in [-0.25, -0.2) is 0 Å². The zero-order chi connectivity index (χ0) is 12.8. The minimum Gasteiger partial charge on any atom is -0.373 e. The fourth-order valence-corrected chi connectivity index (χ4v) is 2.67. The second-order valence-corrected chi connectivity index (χ2v) is 5.55. The molecule has 0 bridgehead atoms. The number of benzene rings is 1. The molecular weight excluding hydrogens is 220 g/mol. The summed E-state index contributed by atoms with van der Waals surface area (Å²) in [6.07, 6.45) is 6.99. The molecule has 1 aromatic carbocycles. The van der Waals surface area contributed by atoms with Crippen LogP contribution in [0.5, 0.6) is 0 Å². The standard InChI is InChI=1S/C16H26N2/c1-14-8-10-16(11-9-14)18(2)13-12-17-15-6-4-3-5-7-15/h8-11,15,17H,3-7,12-13H2,1-2H3. The Morgan fingerprint density at radius 2 is 1.78 bits per heavy atom. The van der Waals surface area contributed by atoms with Crippen molar-refractivity contribution >= 4 is 5.69 Å². The molecule has 0 unspecified atom stereocenters. The van der Waals surface area contributed by atoms with Crippen molar-refractivity contribution in [2.75, 3.05) is 25.0 Å². The van der Waals surface area contributed by atoms with Crippen LogP contribution in [-0.4, -0.2) is 26.2 Å². The third-order valence-electron chi connectivity index (χ3n) is 3.96. The van der Waals surface area contributed by atoms with Crippen LogP contribution in [0.15, 0.2) is 24.3 Å². The maximum absolute atomic E-state index is 3.69. The molecule has 1 aromatic rings. The van der Waals surface area contributed by atoms with Gasteiger partial charge in [-0.1, -0.05) is 37.0 Å². The molecule has 1 saturated carbocycles. The summed E-state index contributed by atoms with van der Waals surface area (Å²) >= 11 is 0. The van der Waals surface area contributed by atoms with Gasteiger partial charge >= 0.3 is 0 Å². The molecule has 1 fully saturated rings. The lowest BCUT2D eigenvalue weighted by molar-refractivity contribution is 0.376. The lowest BCUT2D eigenvalue weighted by atomic mass is 9.95. The monoisotopic (exact) mass is 246 g/mol. The smallest absolute Gasteiger partial charge is 0.0364 e. The first kappa shape index (κ1) is 13.4. The summed E-state index contributed by atoms with van der Waals surface area (Å²) in [6, 6.07) is 9.54. The van der Waals surface area contributed by atoms with Gasteiger partial charge in [0.2, 0.25) is 0 Å². The number of anilines is 1. The van der Waals surface area contributed by atoms with Gasteiger partial charge in [-0.05, 0) is 31.9 Å². The average molecular weight is 246 g/mol. The topological polar surface area (TPSA) is 15.3 Å². The molecular formula is C16H26N2. The lowest BCUT2D eigenvalue weighted by Gasteiger charge is -2.25. The van der Waals surface area contributed by atoms with Gasteiger partial charge in [0.15, 0.2) is 0 Å². The Balaban J connectivity index is 1.70. The minimum absolute atomic E-state index is 0.769. The zero-order valence-electron chi connectivity index (χ0n) is 11.8. The van der Waals surface area contributed by atoms with Crippen molar-refractivity contribution in [1.29, 1.82) is 0 Å². The van der Waals surface area contributed by atoms with E-state index in [0.29, 0.717) is 0 Å². The number of rotatable bonds is 5. The highest BCUT2D eigenvalue weighted by Crippen LogP contribution is 2.17. The highest BCUT2D eigenvalue weighted by Gasteiger charge is 2.12. The van der Waals surface area contributed by atoms with E-state index < -0.39 is 0 Å². The van der Waals surface area contributed by atoms with Gasteiger partial charge in [-0.15, -0.1) is 0 Å². The predicted octanol–water partition coefficient (Wildman–Crippen LogP) is 3.35. The van der Waals surface area contributed by atoms with E-state index in [2.05, 4.69) is 48.5 Å². The zero-order valence-corrected chi connectivity index (χ0v) is 11.8. The van der Waals surface area contributed by atoms with E-state index in [1.807, 2.05) is 0 Å². The van der Waals surface area contributed by atoms with E-state index in [1.54, 1.807) is 0 Å². The second-order valence-electron chi connectivity index (χ2n) is 5.55. The summed E-state index contributed by atoms with van der Waals surface area (Å²) in [5.41, 5.74) is 2.64. The third kappa shape index (κ3) is 4.02. The molecule has 1 aliphatic carbocycles. The van der Waals surface area contributed by atoms with E-state index in [9.17, 15) is 0 Å². The Morgan fingerprint density at radius 1 is 1.11 bits per heavy atom. The second kappa shape index (κ2) is 6.79. The van der Waals surface area contributed by atoms with Crippen molar-refractivity contribution in [1.82, 2.24) is 5.32 Å². The van der Waals surface area contributed by atoms with Crippen molar-refractivity contribution < 1.29 is 0 Å². The molecule has 0 atom stereocenters. The Kier molecular flexibility index (Phi) is 5.06. The molecule has 0 saturated heterocycles. The van der Waals surface area contributed by atoms with Gasteiger partial charge < -0.3 is 10.2 Å².